The van der Waals surface area contributed by atoms with Crippen LogP contribution in [0.3, 0.4) is 0 Å². The van der Waals surface area contributed by atoms with Gasteiger partial charge in [0, 0.05) is 17.0 Å². The lowest BCUT2D eigenvalue weighted by Crippen LogP contribution is -1.85. The number of carbonyl (C=O) groups is 1. The Hall–Kier alpha value is -1.94. The predicted octanol–water partition coefficient (Wildman–Crippen LogP) is 3.22. The molecule has 0 aliphatic rings. The fourth-order valence-corrected chi connectivity index (χ4v) is 2.14. The van der Waals surface area contributed by atoms with E-state index in [1.54, 1.807) is 0 Å². The summed E-state index contributed by atoms with van der Waals surface area (Å²) in [5.74, 6) is -0.963. The van der Waals surface area contributed by atoms with Crippen molar-refractivity contribution in [3.05, 3.63) is 47.0 Å². The molecule has 0 atom stereocenters. The molecule has 1 aromatic carbocycles. The van der Waals surface area contributed by atoms with E-state index in [-0.39, 0.29) is 0 Å². The maximum absolute atomic E-state index is 10.4. The molecule has 1 N–H and O–H groups in total. The van der Waals surface area contributed by atoms with E-state index in [2.05, 4.69) is 4.98 Å². The Morgan fingerprint density at radius 1 is 1.35 bits per heavy atom. The lowest BCUT2D eigenvalue weighted by Gasteiger charge is -1.96. The second-order valence-corrected chi connectivity index (χ2v) is 4.47. The zero-order chi connectivity index (χ0) is 12.3. The molecule has 0 radical (unpaired) electrons. The third-order valence-corrected chi connectivity index (χ3v) is 3.13. The molecule has 0 bridgehead atoms. The van der Waals surface area contributed by atoms with Gasteiger partial charge in [-0.25, -0.2) is 9.78 Å². The number of aliphatic carboxylic acids is 1. The van der Waals surface area contributed by atoms with Crippen molar-refractivity contribution in [2.45, 2.75) is 6.92 Å². The highest BCUT2D eigenvalue weighted by Crippen LogP contribution is 2.24. The molecular formula is C13H11NO2S. The molecule has 86 valence electrons. The van der Waals surface area contributed by atoms with Gasteiger partial charge in [-0.05, 0) is 13.0 Å². The van der Waals surface area contributed by atoms with Crippen molar-refractivity contribution in [1.29, 1.82) is 0 Å². The molecule has 3 nitrogen and oxygen atoms in total. The highest BCUT2D eigenvalue weighted by molar-refractivity contribution is 7.13. The van der Waals surface area contributed by atoms with Gasteiger partial charge in [-0.15, -0.1) is 11.3 Å². The van der Waals surface area contributed by atoms with Crippen LogP contribution in [0.25, 0.3) is 16.6 Å². The van der Waals surface area contributed by atoms with Crippen LogP contribution in [0.4, 0.5) is 0 Å². The summed E-state index contributed by atoms with van der Waals surface area (Å²) in [5.41, 5.74) is 2.93. The Balaban J connectivity index is 2.23. The first kappa shape index (κ1) is 11.5. The van der Waals surface area contributed by atoms with Gasteiger partial charge in [-0.2, -0.15) is 0 Å². The van der Waals surface area contributed by atoms with Gasteiger partial charge in [0.25, 0.3) is 0 Å². The Morgan fingerprint density at radius 2 is 2.06 bits per heavy atom. The van der Waals surface area contributed by atoms with Gasteiger partial charge in [0.2, 0.25) is 0 Å². The van der Waals surface area contributed by atoms with Gasteiger partial charge < -0.3 is 5.11 Å². The van der Waals surface area contributed by atoms with Crippen LogP contribution in [0.5, 0.6) is 0 Å². The van der Waals surface area contributed by atoms with Gasteiger partial charge in [-0.3, -0.25) is 0 Å². The van der Waals surface area contributed by atoms with Crippen molar-refractivity contribution in [3.63, 3.8) is 0 Å². The van der Waals surface area contributed by atoms with Crippen LogP contribution in [0, 0.1) is 6.92 Å². The third kappa shape index (κ3) is 3.01. The molecule has 0 spiro atoms. The number of thiazole rings is 1. The Bertz CT molecular complexity index is 555. The minimum atomic E-state index is -0.963. The van der Waals surface area contributed by atoms with Crippen molar-refractivity contribution >= 4 is 23.4 Å². The molecule has 0 saturated heterocycles. The first-order chi connectivity index (χ1) is 8.15. The first-order valence-electron chi connectivity index (χ1n) is 5.09. The molecule has 0 aliphatic heterocycles. The zero-order valence-corrected chi connectivity index (χ0v) is 10.1. The van der Waals surface area contributed by atoms with Gasteiger partial charge in [-0.1, -0.05) is 29.8 Å². The number of aryl methyl sites for hydroxylation is 1. The standard InChI is InChI=1S/C13H11NO2S/c1-9-2-4-10(5-3-9)13-14-11(8-17-13)6-7-12(15)16/h2-8H,1H3,(H,15,16). The SMILES string of the molecule is Cc1ccc(-c2nc(C=CC(=O)O)cs2)cc1. The van der Waals surface area contributed by atoms with Gasteiger partial charge in [0.05, 0.1) is 5.69 Å². The molecular weight excluding hydrogens is 234 g/mol. The lowest BCUT2D eigenvalue weighted by molar-refractivity contribution is -0.131. The van der Waals surface area contributed by atoms with Crippen molar-refractivity contribution < 1.29 is 9.90 Å². The highest BCUT2D eigenvalue weighted by Gasteiger charge is 2.02. The van der Waals surface area contributed by atoms with E-state index in [0.29, 0.717) is 5.69 Å². The van der Waals surface area contributed by atoms with Crippen LogP contribution >= 0.6 is 11.3 Å². The molecule has 0 aliphatic carbocycles. The second kappa shape index (κ2) is 4.93. The van der Waals surface area contributed by atoms with E-state index < -0.39 is 5.97 Å². The molecule has 2 aromatic rings. The van der Waals surface area contributed by atoms with E-state index >= 15 is 0 Å². The Morgan fingerprint density at radius 3 is 2.71 bits per heavy atom. The molecule has 0 saturated carbocycles. The van der Waals surface area contributed by atoms with Crippen LogP contribution in [0.2, 0.25) is 0 Å². The molecule has 0 fully saturated rings. The molecule has 1 aromatic heterocycles. The monoisotopic (exact) mass is 245 g/mol. The summed E-state index contributed by atoms with van der Waals surface area (Å²) in [6.45, 7) is 2.03. The van der Waals surface area contributed by atoms with Crippen molar-refractivity contribution in [2.24, 2.45) is 0 Å². The molecule has 17 heavy (non-hydrogen) atoms. The van der Waals surface area contributed by atoms with Gasteiger partial charge in [0.1, 0.15) is 5.01 Å². The average Bonchev–Trinajstić information content (AvgIpc) is 2.76. The lowest BCUT2D eigenvalue weighted by atomic mass is 10.2. The molecule has 2 rings (SSSR count). The minimum absolute atomic E-state index is 0.674. The maximum atomic E-state index is 10.4. The summed E-state index contributed by atoms with van der Waals surface area (Å²) >= 11 is 1.50. The fraction of sp³-hybridized carbons (Fsp3) is 0.0769. The Kier molecular flexibility index (Phi) is 3.35. The van der Waals surface area contributed by atoms with Crippen LogP contribution in [-0.2, 0) is 4.79 Å². The number of benzene rings is 1. The zero-order valence-electron chi connectivity index (χ0n) is 9.25. The summed E-state index contributed by atoms with van der Waals surface area (Å²) in [5, 5.41) is 11.3. The highest BCUT2D eigenvalue weighted by atomic mass is 32.1. The number of aromatic nitrogens is 1. The van der Waals surface area contributed by atoms with E-state index in [9.17, 15) is 4.79 Å². The summed E-state index contributed by atoms with van der Waals surface area (Å²) in [7, 11) is 0. The first-order valence-corrected chi connectivity index (χ1v) is 5.97. The molecule has 1 heterocycles. The second-order valence-electron chi connectivity index (χ2n) is 3.62. The van der Waals surface area contributed by atoms with E-state index in [0.717, 1.165) is 16.6 Å². The number of rotatable bonds is 3. The molecule has 0 amide bonds. The van der Waals surface area contributed by atoms with Crippen LogP contribution in [0.15, 0.2) is 35.7 Å². The minimum Gasteiger partial charge on any atom is -0.478 e. The fourth-order valence-electron chi connectivity index (χ4n) is 1.35. The normalized spacial score (nSPS) is 10.9. The average molecular weight is 245 g/mol. The summed E-state index contributed by atoms with van der Waals surface area (Å²) in [6, 6.07) is 8.09. The van der Waals surface area contributed by atoms with E-state index in [1.165, 1.54) is 23.0 Å². The third-order valence-electron chi connectivity index (χ3n) is 2.22. The topological polar surface area (TPSA) is 50.2 Å². The molecule has 4 heteroatoms. The number of hydrogen-bond acceptors (Lipinski definition) is 3. The molecule has 0 unspecified atom stereocenters. The van der Waals surface area contributed by atoms with E-state index in [4.69, 9.17) is 5.11 Å². The van der Waals surface area contributed by atoms with Crippen LogP contribution < -0.4 is 0 Å². The van der Waals surface area contributed by atoms with Crippen LogP contribution in [0.1, 0.15) is 11.3 Å². The largest absolute Gasteiger partial charge is 0.478 e. The van der Waals surface area contributed by atoms with Gasteiger partial charge in [0.15, 0.2) is 0 Å². The van der Waals surface area contributed by atoms with Crippen molar-refractivity contribution in [3.8, 4) is 10.6 Å². The van der Waals surface area contributed by atoms with Crippen molar-refractivity contribution in [2.75, 3.05) is 0 Å². The van der Waals surface area contributed by atoms with E-state index in [1.807, 2.05) is 36.6 Å². The number of nitrogens with zero attached hydrogens (tertiary/aromatic N) is 1. The summed E-state index contributed by atoms with van der Waals surface area (Å²) in [4.78, 5) is 14.7. The Labute approximate surface area is 103 Å². The number of hydrogen-bond donors (Lipinski definition) is 1. The summed E-state index contributed by atoms with van der Waals surface area (Å²) < 4.78 is 0. The predicted molar refractivity (Wildman–Crippen MR) is 69.0 cm³/mol. The maximum Gasteiger partial charge on any atom is 0.328 e. The quantitative estimate of drug-likeness (QED) is 0.845. The number of carboxylic acid groups (broad SMARTS) is 1. The van der Waals surface area contributed by atoms with Crippen molar-refractivity contribution in [1.82, 2.24) is 4.98 Å². The smallest absolute Gasteiger partial charge is 0.328 e. The van der Waals surface area contributed by atoms with Crippen LogP contribution in [-0.4, -0.2) is 16.1 Å². The number of carboxylic acids is 1. The summed E-state index contributed by atoms with van der Waals surface area (Å²) in [6.07, 6.45) is 2.59. The van der Waals surface area contributed by atoms with Gasteiger partial charge >= 0.3 is 5.97 Å².